The Kier molecular flexibility index (Phi) is 8.04. The SMILES string of the molecule is CCSc1ccc(C(=O)NC2CCC(n3c(=O)c4cc(F)cnc4n(C4CCSCC4)c3=O)CC2)cc1. The second-order valence-electron chi connectivity index (χ2n) is 9.63. The van der Waals surface area contributed by atoms with Gasteiger partial charge in [0, 0.05) is 28.6 Å². The monoisotopic (exact) mass is 542 g/mol. The molecule has 5 rings (SSSR count). The Bertz CT molecular complexity index is 1390. The number of hydrogen-bond acceptors (Lipinski definition) is 6. The minimum atomic E-state index is -0.590. The third-order valence-corrected chi connectivity index (χ3v) is 9.25. The van der Waals surface area contributed by atoms with E-state index < -0.39 is 11.4 Å². The van der Waals surface area contributed by atoms with Crippen LogP contribution in [0.25, 0.3) is 11.0 Å². The highest BCUT2D eigenvalue weighted by Gasteiger charge is 2.29. The topological polar surface area (TPSA) is 86.0 Å². The van der Waals surface area contributed by atoms with Crippen molar-refractivity contribution >= 4 is 40.5 Å². The van der Waals surface area contributed by atoms with Crippen molar-refractivity contribution in [3.05, 3.63) is 68.7 Å². The highest BCUT2D eigenvalue weighted by molar-refractivity contribution is 7.99. The quantitative estimate of drug-likeness (QED) is 0.451. The zero-order chi connectivity index (χ0) is 25.9. The fourth-order valence-electron chi connectivity index (χ4n) is 5.42. The fourth-order valence-corrected chi connectivity index (χ4v) is 7.16. The lowest BCUT2D eigenvalue weighted by atomic mass is 9.90. The van der Waals surface area contributed by atoms with Crippen LogP contribution < -0.4 is 16.6 Å². The summed E-state index contributed by atoms with van der Waals surface area (Å²) in [5.41, 5.74) is 0.0576. The normalized spacial score (nSPS) is 20.7. The van der Waals surface area contributed by atoms with Crippen molar-refractivity contribution in [2.75, 3.05) is 17.3 Å². The van der Waals surface area contributed by atoms with E-state index in [9.17, 15) is 18.8 Å². The van der Waals surface area contributed by atoms with Crippen molar-refractivity contribution in [1.82, 2.24) is 19.4 Å². The van der Waals surface area contributed by atoms with Gasteiger partial charge in [-0.1, -0.05) is 6.92 Å². The molecule has 1 aromatic carbocycles. The van der Waals surface area contributed by atoms with E-state index in [4.69, 9.17) is 0 Å². The molecule has 1 aliphatic heterocycles. The number of aromatic nitrogens is 3. The molecule has 7 nitrogen and oxygen atoms in total. The Morgan fingerprint density at radius 3 is 2.41 bits per heavy atom. The first-order chi connectivity index (χ1) is 18.0. The summed E-state index contributed by atoms with van der Waals surface area (Å²) in [6.45, 7) is 2.09. The van der Waals surface area contributed by atoms with Gasteiger partial charge in [0.1, 0.15) is 11.5 Å². The van der Waals surface area contributed by atoms with Gasteiger partial charge in [-0.05, 0) is 86.1 Å². The Morgan fingerprint density at radius 2 is 1.73 bits per heavy atom. The van der Waals surface area contributed by atoms with Crippen LogP contribution in [0.2, 0.25) is 0 Å². The van der Waals surface area contributed by atoms with E-state index in [1.165, 1.54) is 10.6 Å². The first kappa shape index (κ1) is 26.0. The largest absolute Gasteiger partial charge is 0.349 e. The molecule has 0 radical (unpaired) electrons. The van der Waals surface area contributed by atoms with Gasteiger partial charge >= 0.3 is 5.69 Å². The second-order valence-corrected chi connectivity index (χ2v) is 12.2. The molecule has 1 saturated heterocycles. The lowest BCUT2D eigenvalue weighted by Crippen LogP contribution is -2.46. The molecule has 1 N–H and O–H groups in total. The molecule has 37 heavy (non-hydrogen) atoms. The molecule has 2 aromatic heterocycles. The van der Waals surface area contributed by atoms with Crippen molar-refractivity contribution in [3.8, 4) is 0 Å². The maximum absolute atomic E-state index is 14.1. The Morgan fingerprint density at radius 1 is 1.05 bits per heavy atom. The van der Waals surface area contributed by atoms with E-state index in [1.54, 1.807) is 16.3 Å². The van der Waals surface area contributed by atoms with Crippen LogP contribution in [0.4, 0.5) is 4.39 Å². The molecular weight excluding hydrogens is 511 g/mol. The van der Waals surface area contributed by atoms with Gasteiger partial charge in [0.15, 0.2) is 0 Å². The number of nitrogens with zero attached hydrogens (tertiary/aromatic N) is 3. The molecule has 3 heterocycles. The molecule has 10 heteroatoms. The van der Waals surface area contributed by atoms with Gasteiger partial charge in [-0.25, -0.2) is 14.2 Å². The van der Waals surface area contributed by atoms with E-state index in [0.29, 0.717) is 31.2 Å². The fraction of sp³-hybridized carbons (Fsp3) is 0.481. The Labute approximate surface area is 223 Å². The predicted octanol–water partition coefficient (Wildman–Crippen LogP) is 4.79. The molecule has 2 aliphatic rings. The van der Waals surface area contributed by atoms with Crippen molar-refractivity contribution in [2.24, 2.45) is 0 Å². The van der Waals surface area contributed by atoms with E-state index in [2.05, 4.69) is 17.2 Å². The maximum Gasteiger partial charge on any atom is 0.333 e. The highest BCUT2D eigenvalue weighted by Crippen LogP contribution is 2.30. The zero-order valence-corrected chi connectivity index (χ0v) is 22.5. The summed E-state index contributed by atoms with van der Waals surface area (Å²) in [6, 6.07) is 8.42. The van der Waals surface area contributed by atoms with Gasteiger partial charge in [0.2, 0.25) is 0 Å². The third-order valence-electron chi connectivity index (χ3n) is 7.30. The first-order valence-corrected chi connectivity index (χ1v) is 15.0. The molecule has 0 atom stereocenters. The van der Waals surface area contributed by atoms with Crippen molar-refractivity contribution in [2.45, 2.75) is 68.5 Å². The van der Waals surface area contributed by atoms with Crippen LogP contribution in [0.15, 0.2) is 51.0 Å². The molecule has 2 fully saturated rings. The molecule has 0 bridgehead atoms. The molecule has 3 aromatic rings. The van der Waals surface area contributed by atoms with Crippen LogP contribution in [0.3, 0.4) is 0 Å². The number of rotatable bonds is 6. The summed E-state index contributed by atoms with van der Waals surface area (Å²) in [4.78, 5) is 45.2. The van der Waals surface area contributed by atoms with Crippen LogP contribution in [0, 0.1) is 5.82 Å². The van der Waals surface area contributed by atoms with E-state index in [-0.39, 0.29) is 40.8 Å². The van der Waals surface area contributed by atoms with E-state index in [0.717, 1.165) is 41.2 Å². The highest BCUT2D eigenvalue weighted by atomic mass is 32.2. The molecule has 1 saturated carbocycles. The minimum absolute atomic E-state index is 0.0266. The summed E-state index contributed by atoms with van der Waals surface area (Å²) in [5.74, 6) is 2.14. The first-order valence-electron chi connectivity index (χ1n) is 12.9. The van der Waals surface area contributed by atoms with Gasteiger partial charge in [0.05, 0.1) is 11.6 Å². The number of thioether (sulfide) groups is 2. The lowest BCUT2D eigenvalue weighted by Gasteiger charge is -2.31. The van der Waals surface area contributed by atoms with E-state index in [1.807, 2.05) is 36.0 Å². The number of carbonyl (C=O) groups is 1. The van der Waals surface area contributed by atoms with Gasteiger partial charge in [-0.2, -0.15) is 11.8 Å². The lowest BCUT2D eigenvalue weighted by molar-refractivity contribution is 0.0921. The number of halogens is 1. The molecular formula is C27H31FN4O3S2. The minimum Gasteiger partial charge on any atom is -0.349 e. The number of benzene rings is 1. The van der Waals surface area contributed by atoms with Crippen LogP contribution in [0.5, 0.6) is 0 Å². The summed E-state index contributed by atoms with van der Waals surface area (Å²) in [6.07, 6.45) is 5.18. The molecule has 0 spiro atoms. The number of carbonyl (C=O) groups excluding carboxylic acids is 1. The Balaban J connectivity index is 1.36. The van der Waals surface area contributed by atoms with Crippen molar-refractivity contribution in [1.29, 1.82) is 0 Å². The van der Waals surface area contributed by atoms with Crippen molar-refractivity contribution < 1.29 is 9.18 Å². The van der Waals surface area contributed by atoms with Gasteiger partial charge in [-0.3, -0.25) is 18.7 Å². The number of hydrogen-bond donors (Lipinski definition) is 1. The number of amides is 1. The molecule has 0 unspecified atom stereocenters. The van der Waals surface area contributed by atoms with Crippen LogP contribution in [-0.4, -0.2) is 43.3 Å². The number of pyridine rings is 1. The third kappa shape index (κ3) is 5.50. The molecule has 1 amide bonds. The standard InChI is InChI=1S/C27H31FN4O3S2/c1-2-37-22-9-3-17(4-10-22)25(33)30-19-5-7-20(8-6-19)32-26(34)23-15-18(28)16-29-24(23)31(27(32)35)21-11-13-36-14-12-21/h3-4,9-10,15-16,19-21H,2,5-8,11-14H2,1H3,(H,30,33). The average molecular weight is 543 g/mol. The summed E-state index contributed by atoms with van der Waals surface area (Å²) in [5, 5.41) is 3.26. The Hall–Kier alpha value is -2.59. The second kappa shape index (κ2) is 11.4. The van der Waals surface area contributed by atoms with Crippen molar-refractivity contribution in [3.63, 3.8) is 0 Å². The summed E-state index contributed by atoms with van der Waals surface area (Å²) < 4.78 is 17.1. The number of nitrogens with one attached hydrogen (secondary N) is 1. The number of fused-ring (bicyclic) bond motifs is 1. The van der Waals surface area contributed by atoms with Gasteiger partial charge in [-0.15, -0.1) is 11.8 Å². The van der Waals surface area contributed by atoms with E-state index >= 15 is 0 Å². The summed E-state index contributed by atoms with van der Waals surface area (Å²) >= 11 is 3.58. The maximum atomic E-state index is 14.1. The molecule has 1 aliphatic carbocycles. The van der Waals surface area contributed by atoms with Gasteiger partial charge in [0.25, 0.3) is 11.5 Å². The zero-order valence-electron chi connectivity index (χ0n) is 20.8. The van der Waals surface area contributed by atoms with Gasteiger partial charge < -0.3 is 5.32 Å². The van der Waals surface area contributed by atoms with Crippen LogP contribution in [0.1, 0.15) is 67.9 Å². The molecule has 196 valence electrons. The summed E-state index contributed by atoms with van der Waals surface area (Å²) in [7, 11) is 0. The van der Waals surface area contributed by atoms with Crippen LogP contribution >= 0.6 is 23.5 Å². The smallest absolute Gasteiger partial charge is 0.333 e. The average Bonchev–Trinajstić information content (AvgIpc) is 2.91. The predicted molar refractivity (Wildman–Crippen MR) is 147 cm³/mol. The van der Waals surface area contributed by atoms with Crippen LogP contribution in [-0.2, 0) is 0 Å².